The number of halogens is 4. The van der Waals surface area contributed by atoms with Crippen molar-refractivity contribution in [1.29, 1.82) is 0 Å². The molecule has 2 nitrogen and oxygen atoms in total. The Hall–Kier alpha value is -2.27. The molecule has 0 atom stereocenters. The minimum atomic E-state index is -4.45. The van der Waals surface area contributed by atoms with Gasteiger partial charge in [0.2, 0.25) is 5.91 Å². The van der Waals surface area contributed by atoms with E-state index in [1.807, 2.05) is 0 Å². The molecule has 114 valence electrons. The standard InChI is InChI=1S/C16H11ClF3NO/c17-14-7-2-1-4-11(14)8-9-15(22)21-13-6-3-5-12(10-13)16(18,19)20/h1-10H,(H,21,22)/b9-8+. The van der Waals surface area contributed by atoms with Crippen LogP contribution in [0, 0.1) is 0 Å². The van der Waals surface area contributed by atoms with Crippen LogP contribution in [0.15, 0.2) is 54.6 Å². The summed E-state index contributed by atoms with van der Waals surface area (Å²) in [6, 6.07) is 11.3. The predicted octanol–water partition coefficient (Wildman–Crippen LogP) is 5.01. The van der Waals surface area contributed by atoms with Crippen molar-refractivity contribution >= 4 is 29.3 Å². The smallest absolute Gasteiger partial charge is 0.322 e. The Morgan fingerprint density at radius 3 is 2.50 bits per heavy atom. The zero-order chi connectivity index (χ0) is 16.2. The second-order valence-electron chi connectivity index (χ2n) is 4.42. The summed E-state index contributed by atoms with van der Waals surface area (Å²) in [5, 5.41) is 2.85. The molecular formula is C16H11ClF3NO. The molecule has 0 aliphatic carbocycles. The summed E-state index contributed by atoms with van der Waals surface area (Å²) in [5.74, 6) is -0.542. The third-order valence-corrected chi connectivity index (χ3v) is 3.12. The van der Waals surface area contributed by atoms with Crippen molar-refractivity contribution in [3.05, 3.63) is 70.8 Å². The van der Waals surface area contributed by atoms with Crippen molar-refractivity contribution < 1.29 is 18.0 Å². The molecule has 0 heterocycles. The van der Waals surface area contributed by atoms with Gasteiger partial charge in [0.1, 0.15) is 0 Å². The fourth-order valence-corrected chi connectivity index (χ4v) is 1.93. The molecule has 0 aliphatic heterocycles. The summed E-state index contributed by atoms with van der Waals surface area (Å²) in [7, 11) is 0. The average Bonchev–Trinajstić information content (AvgIpc) is 2.46. The van der Waals surface area contributed by atoms with Gasteiger partial charge < -0.3 is 5.32 Å². The van der Waals surface area contributed by atoms with Crippen LogP contribution in [0.4, 0.5) is 18.9 Å². The van der Waals surface area contributed by atoms with E-state index in [4.69, 9.17) is 11.6 Å². The lowest BCUT2D eigenvalue weighted by Gasteiger charge is -2.08. The average molecular weight is 326 g/mol. The Morgan fingerprint density at radius 2 is 1.82 bits per heavy atom. The lowest BCUT2D eigenvalue weighted by Crippen LogP contribution is -2.10. The van der Waals surface area contributed by atoms with Gasteiger partial charge >= 0.3 is 6.18 Å². The summed E-state index contributed by atoms with van der Waals surface area (Å²) in [6.07, 6.45) is -1.75. The molecule has 0 aliphatic rings. The van der Waals surface area contributed by atoms with E-state index in [2.05, 4.69) is 5.32 Å². The maximum absolute atomic E-state index is 12.6. The minimum Gasteiger partial charge on any atom is -0.322 e. The Kier molecular flexibility index (Phi) is 4.88. The molecule has 0 fully saturated rings. The van der Waals surface area contributed by atoms with Crippen molar-refractivity contribution in [1.82, 2.24) is 0 Å². The van der Waals surface area contributed by atoms with Crippen molar-refractivity contribution in [2.45, 2.75) is 6.18 Å². The maximum atomic E-state index is 12.6. The molecule has 2 aromatic carbocycles. The van der Waals surface area contributed by atoms with Gasteiger partial charge in [-0.25, -0.2) is 0 Å². The first-order valence-corrected chi connectivity index (χ1v) is 6.65. The number of nitrogens with one attached hydrogen (secondary N) is 1. The van der Waals surface area contributed by atoms with Crippen molar-refractivity contribution in [2.75, 3.05) is 5.32 Å². The molecule has 0 saturated carbocycles. The number of carbonyl (C=O) groups is 1. The molecule has 0 spiro atoms. The highest BCUT2D eigenvalue weighted by Crippen LogP contribution is 2.30. The summed E-state index contributed by atoms with van der Waals surface area (Å²) in [5.41, 5.74) is -0.104. The monoisotopic (exact) mass is 325 g/mol. The normalized spacial score (nSPS) is 11.6. The number of anilines is 1. The van der Waals surface area contributed by atoms with E-state index in [0.717, 1.165) is 12.1 Å². The number of hydrogen-bond donors (Lipinski definition) is 1. The van der Waals surface area contributed by atoms with Crippen LogP contribution < -0.4 is 5.32 Å². The van der Waals surface area contributed by atoms with E-state index < -0.39 is 17.6 Å². The fourth-order valence-electron chi connectivity index (χ4n) is 1.73. The second kappa shape index (κ2) is 6.66. The van der Waals surface area contributed by atoms with Gasteiger partial charge in [-0.15, -0.1) is 0 Å². The molecule has 0 saturated heterocycles. The number of amides is 1. The number of carbonyl (C=O) groups excluding carboxylic acids is 1. The number of hydrogen-bond acceptors (Lipinski definition) is 1. The minimum absolute atomic E-state index is 0.0728. The Balaban J connectivity index is 2.08. The second-order valence-corrected chi connectivity index (χ2v) is 4.83. The maximum Gasteiger partial charge on any atom is 0.416 e. The number of alkyl halides is 3. The molecule has 2 aromatic rings. The zero-order valence-electron chi connectivity index (χ0n) is 11.2. The first kappa shape index (κ1) is 16.1. The topological polar surface area (TPSA) is 29.1 Å². The van der Waals surface area contributed by atoms with Gasteiger partial charge in [-0.1, -0.05) is 35.9 Å². The van der Waals surface area contributed by atoms with Gasteiger partial charge in [0.25, 0.3) is 0 Å². The summed E-state index contributed by atoms with van der Waals surface area (Å²) >= 11 is 5.93. The van der Waals surface area contributed by atoms with Crippen molar-refractivity contribution in [3.8, 4) is 0 Å². The van der Waals surface area contributed by atoms with Crippen LogP contribution in [0.2, 0.25) is 5.02 Å². The van der Waals surface area contributed by atoms with E-state index in [-0.39, 0.29) is 5.69 Å². The molecule has 1 amide bonds. The molecule has 6 heteroatoms. The van der Waals surface area contributed by atoms with Crippen LogP contribution in [-0.4, -0.2) is 5.91 Å². The third kappa shape index (κ3) is 4.36. The number of benzene rings is 2. The largest absolute Gasteiger partial charge is 0.416 e. The first-order chi connectivity index (χ1) is 10.4. The van der Waals surface area contributed by atoms with Crippen LogP contribution in [0.1, 0.15) is 11.1 Å². The van der Waals surface area contributed by atoms with E-state index in [1.165, 1.54) is 24.3 Å². The molecule has 22 heavy (non-hydrogen) atoms. The van der Waals surface area contributed by atoms with E-state index in [9.17, 15) is 18.0 Å². The van der Waals surface area contributed by atoms with Gasteiger partial charge in [-0.3, -0.25) is 4.79 Å². The van der Waals surface area contributed by atoms with Crippen LogP contribution in [0.5, 0.6) is 0 Å². The van der Waals surface area contributed by atoms with Gasteiger partial charge in [0.05, 0.1) is 5.56 Å². The van der Waals surface area contributed by atoms with E-state index in [1.54, 1.807) is 24.3 Å². The lowest BCUT2D eigenvalue weighted by atomic mass is 10.2. The molecule has 0 radical (unpaired) electrons. The molecule has 0 aromatic heterocycles. The lowest BCUT2D eigenvalue weighted by molar-refractivity contribution is -0.137. The molecular weight excluding hydrogens is 315 g/mol. The van der Waals surface area contributed by atoms with Crippen molar-refractivity contribution in [3.63, 3.8) is 0 Å². The van der Waals surface area contributed by atoms with Crippen LogP contribution in [0.25, 0.3) is 6.08 Å². The van der Waals surface area contributed by atoms with E-state index in [0.29, 0.717) is 10.6 Å². The number of rotatable bonds is 3. The zero-order valence-corrected chi connectivity index (χ0v) is 11.9. The quantitative estimate of drug-likeness (QED) is 0.790. The summed E-state index contributed by atoms with van der Waals surface area (Å²) < 4.78 is 37.7. The molecule has 0 bridgehead atoms. The van der Waals surface area contributed by atoms with Crippen LogP contribution in [-0.2, 0) is 11.0 Å². The van der Waals surface area contributed by atoms with Gasteiger partial charge in [0, 0.05) is 16.8 Å². The highest BCUT2D eigenvalue weighted by Gasteiger charge is 2.30. The Morgan fingerprint density at radius 1 is 1.09 bits per heavy atom. The molecule has 0 unspecified atom stereocenters. The van der Waals surface area contributed by atoms with Gasteiger partial charge in [0.15, 0.2) is 0 Å². The highest BCUT2D eigenvalue weighted by atomic mass is 35.5. The third-order valence-electron chi connectivity index (χ3n) is 2.78. The molecule has 1 N–H and O–H groups in total. The highest BCUT2D eigenvalue weighted by molar-refractivity contribution is 6.32. The molecule has 2 rings (SSSR count). The Bertz CT molecular complexity index is 711. The SMILES string of the molecule is O=C(/C=C/c1ccccc1Cl)Nc1cccc(C(F)(F)F)c1. The first-order valence-electron chi connectivity index (χ1n) is 6.27. The van der Waals surface area contributed by atoms with Crippen LogP contribution >= 0.6 is 11.6 Å². The fraction of sp³-hybridized carbons (Fsp3) is 0.0625. The predicted molar refractivity (Wildman–Crippen MR) is 80.6 cm³/mol. The van der Waals surface area contributed by atoms with Gasteiger partial charge in [-0.05, 0) is 35.9 Å². The summed E-state index contributed by atoms with van der Waals surface area (Å²) in [6.45, 7) is 0. The van der Waals surface area contributed by atoms with E-state index >= 15 is 0 Å². The van der Waals surface area contributed by atoms with Crippen molar-refractivity contribution in [2.24, 2.45) is 0 Å². The van der Waals surface area contributed by atoms with Gasteiger partial charge in [-0.2, -0.15) is 13.2 Å². The van der Waals surface area contributed by atoms with Crippen LogP contribution in [0.3, 0.4) is 0 Å². The summed E-state index contributed by atoms with van der Waals surface area (Å²) in [4.78, 5) is 11.7. The Labute approximate surface area is 130 Å².